The van der Waals surface area contributed by atoms with Gasteiger partial charge in [0.25, 0.3) is 0 Å². The molecule has 0 saturated carbocycles. The van der Waals surface area contributed by atoms with E-state index in [0.29, 0.717) is 24.8 Å². The summed E-state index contributed by atoms with van der Waals surface area (Å²) in [4.78, 5) is 5.67. The van der Waals surface area contributed by atoms with Gasteiger partial charge in [0.15, 0.2) is 5.96 Å². The number of nitrogens with one attached hydrogen (secondary N) is 2. The van der Waals surface area contributed by atoms with Crippen molar-refractivity contribution in [2.75, 3.05) is 13.1 Å². The standard InChI is InChI=1S/C14H19N3O2S/c1-2-15-14(16-9-11-5-4-8-20-11)17-10-12(18)13-6-3-7-19-13/h3-8,12,18H,2,9-10H2,1H3,(H2,15,16,17). The summed E-state index contributed by atoms with van der Waals surface area (Å²) in [5, 5.41) is 18.2. The molecule has 0 spiro atoms. The number of aliphatic hydroxyl groups excluding tert-OH is 1. The van der Waals surface area contributed by atoms with Crippen molar-refractivity contribution in [1.29, 1.82) is 0 Å². The number of guanidine groups is 1. The molecule has 2 heterocycles. The Hall–Kier alpha value is -1.79. The smallest absolute Gasteiger partial charge is 0.191 e. The maximum absolute atomic E-state index is 9.94. The summed E-state index contributed by atoms with van der Waals surface area (Å²) < 4.78 is 5.16. The number of furan rings is 1. The van der Waals surface area contributed by atoms with Crippen molar-refractivity contribution in [2.24, 2.45) is 4.99 Å². The van der Waals surface area contributed by atoms with E-state index in [0.717, 1.165) is 6.54 Å². The Morgan fingerprint density at radius 3 is 2.95 bits per heavy atom. The zero-order valence-corrected chi connectivity index (χ0v) is 12.2. The lowest BCUT2D eigenvalue weighted by Crippen LogP contribution is -2.39. The Balaban J connectivity index is 1.87. The summed E-state index contributed by atoms with van der Waals surface area (Å²) in [6, 6.07) is 7.57. The summed E-state index contributed by atoms with van der Waals surface area (Å²) in [5.74, 6) is 1.23. The minimum atomic E-state index is -0.685. The monoisotopic (exact) mass is 293 g/mol. The Bertz CT molecular complexity index is 509. The number of thiophene rings is 1. The van der Waals surface area contributed by atoms with Crippen LogP contribution in [0.1, 0.15) is 23.7 Å². The third-order valence-electron chi connectivity index (χ3n) is 2.65. The minimum absolute atomic E-state index is 0.351. The molecular formula is C14H19N3O2S. The van der Waals surface area contributed by atoms with Crippen LogP contribution in [0.3, 0.4) is 0 Å². The van der Waals surface area contributed by atoms with Gasteiger partial charge in [0, 0.05) is 11.4 Å². The fourth-order valence-corrected chi connectivity index (χ4v) is 2.30. The molecule has 1 atom stereocenters. The van der Waals surface area contributed by atoms with Crippen molar-refractivity contribution in [3.8, 4) is 0 Å². The lowest BCUT2D eigenvalue weighted by molar-refractivity contribution is 0.153. The Kier molecular flexibility index (Phi) is 5.64. The molecule has 108 valence electrons. The molecule has 5 nitrogen and oxygen atoms in total. The van der Waals surface area contributed by atoms with E-state index in [1.807, 2.05) is 18.4 Å². The minimum Gasteiger partial charge on any atom is -0.467 e. The van der Waals surface area contributed by atoms with E-state index in [-0.39, 0.29) is 0 Å². The maximum atomic E-state index is 9.94. The Morgan fingerprint density at radius 1 is 1.40 bits per heavy atom. The molecule has 1 unspecified atom stereocenters. The number of aliphatic imine (C=N–C) groups is 1. The number of nitrogens with zero attached hydrogens (tertiary/aromatic N) is 1. The molecule has 2 rings (SSSR count). The van der Waals surface area contributed by atoms with Crippen molar-refractivity contribution >= 4 is 17.3 Å². The highest BCUT2D eigenvalue weighted by Gasteiger charge is 2.10. The number of rotatable bonds is 6. The molecule has 0 radical (unpaired) electrons. The highest BCUT2D eigenvalue weighted by atomic mass is 32.1. The van der Waals surface area contributed by atoms with Gasteiger partial charge in [-0.15, -0.1) is 11.3 Å². The van der Waals surface area contributed by atoms with E-state index in [2.05, 4.69) is 21.7 Å². The molecule has 20 heavy (non-hydrogen) atoms. The topological polar surface area (TPSA) is 69.8 Å². The zero-order chi connectivity index (χ0) is 14.2. The molecule has 0 aromatic carbocycles. The van der Waals surface area contributed by atoms with Gasteiger partial charge in [-0.3, -0.25) is 0 Å². The SMILES string of the molecule is CCNC(=NCc1cccs1)NCC(O)c1ccco1. The first kappa shape index (κ1) is 14.6. The fourth-order valence-electron chi connectivity index (χ4n) is 1.68. The lowest BCUT2D eigenvalue weighted by atomic mass is 10.3. The second-order valence-corrected chi connectivity index (χ2v) is 5.22. The van der Waals surface area contributed by atoms with E-state index in [1.54, 1.807) is 29.7 Å². The van der Waals surface area contributed by atoms with Crippen molar-refractivity contribution in [3.05, 3.63) is 46.5 Å². The van der Waals surface area contributed by atoms with Crippen LogP contribution in [-0.2, 0) is 6.54 Å². The normalized spacial score (nSPS) is 13.2. The quantitative estimate of drug-likeness (QED) is 0.564. The van der Waals surface area contributed by atoms with Crippen LogP contribution in [0.5, 0.6) is 0 Å². The summed E-state index contributed by atoms with van der Waals surface area (Å²) in [6.45, 7) is 3.76. The fraction of sp³-hybridized carbons (Fsp3) is 0.357. The van der Waals surface area contributed by atoms with E-state index in [1.165, 1.54) is 4.88 Å². The average Bonchev–Trinajstić information content (AvgIpc) is 3.13. The van der Waals surface area contributed by atoms with E-state index in [4.69, 9.17) is 4.42 Å². The number of hydrogen-bond donors (Lipinski definition) is 3. The molecular weight excluding hydrogens is 274 g/mol. The summed E-state index contributed by atoms with van der Waals surface area (Å²) in [6.07, 6.45) is 0.866. The van der Waals surface area contributed by atoms with Gasteiger partial charge in [-0.05, 0) is 30.5 Å². The largest absolute Gasteiger partial charge is 0.467 e. The zero-order valence-electron chi connectivity index (χ0n) is 11.4. The van der Waals surface area contributed by atoms with E-state index in [9.17, 15) is 5.11 Å². The van der Waals surface area contributed by atoms with E-state index < -0.39 is 6.10 Å². The molecule has 0 bridgehead atoms. The molecule has 2 aromatic heterocycles. The maximum Gasteiger partial charge on any atom is 0.191 e. The van der Waals surface area contributed by atoms with Gasteiger partial charge in [-0.25, -0.2) is 4.99 Å². The van der Waals surface area contributed by atoms with Crippen molar-refractivity contribution in [1.82, 2.24) is 10.6 Å². The van der Waals surface area contributed by atoms with Crippen LogP contribution in [0.4, 0.5) is 0 Å². The molecule has 6 heteroatoms. The predicted molar refractivity (Wildman–Crippen MR) is 80.8 cm³/mol. The van der Waals surface area contributed by atoms with Gasteiger partial charge in [0.2, 0.25) is 0 Å². The van der Waals surface area contributed by atoms with Crippen LogP contribution in [0.25, 0.3) is 0 Å². The Labute approximate surface area is 122 Å². The third-order valence-corrected chi connectivity index (χ3v) is 3.51. The highest BCUT2D eigenvalue weighted by molar-refractivity contribution is 7.09. The second kappa shape index (κ2) is 7.72. The van der Waals surface area contributed by atoms with Crippen LogP contribution in [0, 0.1) is 0 Å². The molecule has 0 aliphatic carbocycles. The van der Waals surface area contributed by atoms with Gasteiger partial charge < -0.3 is 20.2 Å². The van der Waals surface area contributed by atoms with E-state index >= 15 is 0 Å². The second-order valence-electron chi connectivity index (χ2n) is 4.19. The molecule has 0 amide bonds. The molecule has 0 aliphatic rings. The average molecular weight is 293 g/mol. The van der Waals surface area contributed by atoms with Crippen LogP contribution in [0.15, 0.2) is 45.3 Å². The van der Waals surface area contributed by atoms with Crippen LogP contribution in [0.2, 0.25) is 0 Å². The van der Waals surface area contributed by atoms with Crippen LogP contribution < -0.4 is 10.6 Å². The van der Waals surface area contributed by atoms with Crippen molar-refractivity contribution in [2.45, 2.75) is 19.6 Å². The summed E-state index contributed by atoms with van der Waals surface area (Å²) in [7, 11) is 0. The molecule has 2 aromatic rings. The lowest BCUT2D eigenvalue weighted by Gasteiger charge is -2.13. The van der Waals surface area contributed by atoms with Gasteiger partial charge in [-0.2, -0.15) is 0 Å². The van der Waals surface area contributed by atoms with Gasteiger partial charge in [0.1, 0.15) is 11.9 Å². The van der Waals surface area contributed by atoms with Crippen LogP contribution in [-0.4, -0.2) is 24.2 Å². The highest BCUT2D eigenvalue weighted by Crippen LogP contribution is 2.12. The van der Waals surface area contributed by atoms with Crippen molar-refractivity contribution in [3.63, 3.8) is 0 Å². The van der Waals surface area contributed by atoms with Gasteiger partial charge in [0.05, 0.1) is 19.4 Å². The van der Waals surface area contributed by atoms with Crippen molar-refractivity contribution < 1.29 is 9.52 Å². The first-order chi connectivity index (χ1) is 9.79. The first-order valence-electron chi connectivity index (χ1n) is 6.55. The summed E-state index contributed by atoms with van der Waals surface area (Å²) >= 11 is 1.68. The number of hydrogen-bond acceptors (Lipinski definition) is 4. The predicted octanol–water partition coefficient (Wildman–Crippen LogP) is 2.13. The molecule has 0 saturated heterocycles. The molecule has 3 N–H and O–H groups in total. The summed E-state index contributed by atoms with van der Waals surface area (Å²) in [5.41, 5.74) is 0. The van der Waals surface area contributed by atoms with Gasteiger partial charge in [-0.1, -0.05) is 6.07 Å². The molecule has 0 fully saturated rings. The number of aliphatic hydroxyl groups is 1. The molecule has 0 aliphatic heterocycles. The third kappa shape index (κ3) is 4.40. The van der Waals surface area contributed by atoms with Crippen LogP contribution >= 0.6 is 11.3 Å². The Morgan fingerprint density at radius 2 is 2.30 bits per heavy atom. The van der Waals surface area contributed by atoms with Gasteiger partial charge >= 0.3 is 0 Å². The first-order valence-corrected chi connectivity index (χ1v) is 7.43.